The summed E-state index contributed by atoms with van der Waals surface area (Å²) in [7, 11) is 0. The number of carbonyl (C=O) groups is 2. The highest BCUT2D eigenvalue weighted by atomic mass is 16.4. The van der Waals surface area contributed by atoms with E-state index in [-0.39, 0.29) is 36.5 Å². The Hall–Kier alpha value is -4.86. The van der Waals surface area contributed by atoms with Crippen molar-refractivity contribution in [2.75, 3.05) is 0 Å². The van der Waals surface area contributed by atoms with Crippen LogP contribution in [-0.2, 0) is 35.3 Å². The highest BCUT2D eigenvalue weighted by Gasteiger charge is 2.18. The summed E-state index contributed by atoms with van der Waals surface area (Å²) in [5, 5.41) is 18.9. The minimum atomic E-state index is -0.957. The van der Waals surface area contributed by atoms with E-state index < -0.39 is 11.9 Å². The Kier molecular flexibility index (Phi) is 8.11. The Morgan fingerprint density at radius 2 is 0.932 bits per heavy atom. The molecular formula is C34H38N4O6. The zero-order valence-electron chi connectivity index (χ0n) is 25.9. The van der Waals surface area contributed by atoms with E-state index in [1.54, 1.807) is 6.92 Å². The van der Waals surface area contributed by atoms with E-state index in [1.165, 1.54) is 0 Å². The molecular weight excluding hydrogens is 560 g/mol. The molecule has 5 aromatic heterocycles. The van der Waals surface area contributed by atoms with Gasteiger partial charge in [0, 0.05) is 34.9 Å². The van der Waals surface area contributed by atoms with Gasteiger partial charge in [-0.05, 0) is 110 Å². The van der Waals surface area contributed by atoms with Gasteiger partial charge in [-0.15, -0.1) is 0 Å². The number of hydrogen-bond acceptors (Lipinski definition) is 4. The average molecular weight is 599 g/mol. The molecule has 0 amide bonds. The Bertz CT molecular complexity index is 2190. The average Bonchev–Trinajstić information content (AvgIpc) is 3.66. The third-order valence-corrected chi connectivity index (χ3v) is 9.03. The molecule has 0 aliphatic heterocycles. The van der Waals surface area contributed by atoms with E-state index in [9.17, 15) is 29.4 Å². The SMILES string of the molecule is CCc1c(C)c2cc3[nH]c(cc4[nH]c(c(C)c4CCC(=O)O)c(=O)c4[nH]c(c(C)c4CC)c(=O)c1[nH]2)c(CCC(=O)O)c3C. The van der Waals surface area contributed by atoms with Gasteiger partial charge in [-0.3, -0.25) is 19.2 Å². The summed E-state index contributed by atoms with van der Waals surface area (Å²) in [5.41, 5.74) is 9.98. The summed E-state index contributed by atoms with van der Waals surface area (Å²) in [6.07, 6.45) is 1.41. The lowest BCUT2D eigenvalue weighted by Crippen LogP contribution is -2.04. The number of fused-ring (bicyclic) bond motifs is 8. The predicted molar refractivity (Wildman–Crippen MR) is 174 cm³/mol. The molecule has 0 aliphatic carbocycles. The molecule has 5 rings (SSSR count). The van der Waals surface area contributed by atoms with Crippen LogP contribution in [0.2, 0.25) is 0 Å². The zero-order chi connectivity index (χ0) is 32.0. The van der Waals surface area contributed by atoms with E-state index in [2.05, 4.69) is 19.9 Å². The van der Waals surface area contributed by atoms with E-state index in [1.807, 2.05) is 46.8 Å². The lowest BCUT2D eigenvalue weighted by molar-refractivity contribution is -0.138. The van der Waals surface area contributed by atoms with Gasteiger partial charge in [-0.25, -0.2) is 0 Å². The molecule has 0 spiro atoms. The van der Waals surface area contributed by atoms with Crippen molar-refractivity contribution in [2.24, 2.45) is 0 Å². The molecule has 0 aromatic carbocycles. The number of carboxylic acid groups (broad SMARTS) is 2. The van der Waals surface area contributed by atoms with Crippen LogP contribution in [0, 0.1) is 27.7 Å². The molecule has 10 nitrogen and oxygen atoms in total. The standard InChI is InChI=1S/C34H38N4O6/c1-7-19-15(3)24-13-23-16(4)21(9-11-27(39)40)25(35-23)14-26-22(10-12-28(41)42)18(6)29(37-26)33(43)32-20(8-2)17(5)30(38-32)34(44)31(19)36-24/h13-14,35-38H,7-12H2,1-6H3,(H,39,40)(H,41,42). The Morgan fingerprint density at radius 3 is 1.50 bits per heavy atom. The lowest BCUT2D eigenvalue weighted by atomic mass is 10.0. The number of aryl methyl sites for hydroxylation is 8. The maximum Gasteiger partial charge on any atom is 0.303 e. The first-order valence-corrected chi connectivity index (χ1v) is 15.0. The molecule has 0 radical (unpaired) electrons. The normalized spacial score (nSPS) is 11.6. The summed E-state index contributed by atoms with van der Waals surface area (Å²) in [6, 6.07) is 3.78. The summed E-state index contributed by atoms with van der Waals surface area (Å²) < 4.78 is 0. The first-order chi connectivity index (χ1) is 20.9. The van der Waals surface area contributed by atoms with Gasteiger partial charge in [-0.2, -0.15) is 0 Å². The summed E-state index contributed by atoms with van der Waals surface area (Å²) in [5.74, 6) is -1.88. The third kappa shape index (κ3) is 5.14. The first-order valence-electron chi connectivity index (χ1n) is 15.0. The fourth-order valence-electron chi connectivity index (χ4n) is 6.53. The van der Waals surface area contributed by atoms with Crippen molar-refractivity contribution >= 4 is 56.1 Å². The molecule has 5 aromatic rings. The first kappa shape index (κ1) is 30.6. The van der Waals surface area contributed by atoms with Crippen LogP contribution in [0.5, 0.6) is 0 Å². The maximum absolute atomic E-state index is 14.2. The molecule has 230 valence electrons. The molecule has 0 fully saturated rings. The number of rotatable bonds is 8. The fraction of sp³-hybridized carbons (Fsp3) is 0.353. The van der Waals surface area contributed by atoms with Gasteiger partial charge in [0.2, 0.25) is 10.9 Å². The van der Waals surface area contributed by atoms with Crippen molar-refractivity contribution in [2.45, 2.75) is 80.1 Å². The van der Waals surface area contributed by atoms with Crippen molar-refractivity contribution in [1.82, 2.24) is 19.9 Å². The van der Waals surface area contributed by atoms with Gasteiger partial charge >= 0.3 is 11.9 Å². The molecule has 5 heterocycles. The van der Waals surface area contributed by atoms with Crippen LogP contribution in [-0.4, -0.2) is 42.1 Å². The van der Waals surface area contributed by atoms with Crippen molar-refractivity contribution < 1.29 is 19.8 Å². The molecule has 8 bridgehead atoms. The summed E-state index contributed by atoms with van der Waals surface area (Å²) in [6.45, 7) is 11.5. The van der Waals surface area contributed by atoms with Gasteiger partial charge in [-0.1, -0.05) is 13.8 Å². The minimum Gasteiger partial charge on any atom is -0.481 e. The van der Waals surface area contributed by atoms with E-state index >= 15 is 0 Å². The number of aliphatic carboxylic acids is 2. The van der Waals surface area contributed by atoms with Gasteiger partial charge < -0.3 is 30.1 Å². The molecule has 44 heavy (non-hydrogen) atoms. The second-order valence-corrected chi connectivity index (χ2v) is 11.5. The minimum absolute atomic E-state index is 0.0768. The monoisotopic (exact) mass is 598 g/mol. The van der Waals surface area contributed by atoms with Gasteiger partial charge in [0.25, 0.3) is 0 Å². The zero-order valence-corrected chi connectivity index (χ0v) is 25.9. The number of aromatic amines is 4. The van der Waals surface area contributed by atoms with Crippen LogP contribution in [0.3, 0.4) is 0 Å². The van der Waals surface area contributed by atoms with Gasteiger partial charge in [0.15, 0.2) is 0 Å². The Morgan fingerprint density at radius 1 is 0.545 bits per heavy atom. The predicted octanol–water partition coefficient (Wildman–Crippen LogP) is 5.85. The number of carboxylic acids is 2. The van der Waals surface area contributed by atoms with E-state index in [0.29, 0.717) is 57.1 Å². The van der Waals surface area contributed by atoms with Crippen LogP contribution in [0.25, 0.3) is 44.1 Å². The Balaban J connectivity index is 2.07. The van der Waals surface area contributed by atoms with Crippen LogP contribution in [0.15, 0.2) is 21.7 Å². The molecule has 10 heteroatoms. The van der Waals surface area contributed by atoms with E-state index in [0.717, 1.165) is 44.4 Å². The molecule has 0 atom stereocenters. The van der Waals surface area contributed by atoms with Crippen molar-refractivity contribution in [3.63, 3.8) is 0 Å². The van der Waals surface area contributed by atoms with Gasteiger partial charge in [0.1, 0.15) is 0 Å². The Labute approximate surface area is 252 Å². The molecule has 0 unspecified atom stereocenters. The van der Waals surface area contributed by atoms with Crippen LogP contribution < -0.4 is 10.9 Å². The number of H-pyrrole nitrogens is 4. The molecule has 0 saturated carbocycles. The lowest BCUT2D eigenvalue weighted by Gasteiger charge is -2.00. The number of aromatic nitrogens is 4. The fourth-order valence-corrected chi connectivity index (χ4v) is 6.53. The van der Waals surface area contributed by atoms with Crippen LogP contribution >= 0.6 is 0 Å². The second kappa shape index (κ2) is 11.7. The molecule has 0 saturated heterocycles. The quantitative estimate of drug-likeness (QED) is 0.131. The third-order valence-electron chi connectivity index (χ3n) is 9.03. The highest BCUT2D eigenvalue weighted by molar-refractivity contribution is 5.85. The van der Waals surface area contributed by atoms with Crippen LogP contribution in [0.1, 0.15) is 71.2 Å². The molecule has 0 aliphatic rings. The second-order valence-electron chi connectivity index (χ2n) is 11.5. The number of hydrogen-bond donors (Lipinski definition) is 6. The maximum atomic E-state index is 14.2. The number of nitrogens with one attached hydrogen (secondary N) is 4. The van der Waals surface area contributed by atoms with Gasteiger partial charge in [0.05, 0.1) is 22.1 Å². The largest absolute Gasteiger partial charge is 0.481 e. The highest BCUT2D eigenvalue weighted by Crippen LogP contribution is 2.28. The summed E-state index contributed by atoms with van der Waals surface area (Å²) >= 11 is 0. The van der Waals surface area contributed by atoms with Crippen LogP contribution in [0.4, 0.5) is 0 Å². The summed E-state index contributed by atoms with van der Waals surface area (Å²) in [4.78, 5) is 64.6. The smallest absolute Gasteiger partial charge is 0.303 e. The van der Waals surface area contributed by atoms with Crippen molar-refractivity contribution in [1.29, 1.82) is 0 Å². The van der Waals surface area contributed by atoms with Crippen molar-refractivity contribution in [3.8, 4) is 0 Å². The topological polar surface area (TPSA) is 172 Å². The molecule has 6 N–H and O–H groups in total. The van der Waals surface area contributed by atoms with E-state index in [4.69, 9.17) is 0 Å². The van der Waals surface area contributed by atoms with Crippen molar-refractivity contribution in [3.05, 3.63) is 77.1 Å².